The number of benzene rings is 7. The van der Waals surface area contributed by atoms with E-state index in [0.29, 0.717) is 0 Å². The van der Waals surface area contributed by atoms with Crippen molar-refractivity contribution in [3.05, 3.63) is 150 Å². The standard InChI is InChI=1S/C53H45BN2O/c1-51(2,3)30-17-20-32(21-18-30)56-46-27-40-34-14-10-12-16-47(34)57-48(40)28-39(46)35-22-23-36-38-26-37-33-13-9-11-15-41(33)53(7,8)42(37)29-45(38)55-44-24-19-31(52(4,5)6)25-43(44)54(56)49(35)50(36)55/h9-29H,1-8H3. The Morgan fingerprint density at radius 1 is 0.526 bits per heavy atom. The molecule has 3 nitrogen and oxygen atoms in total. The molecular weight excluding hydrogens is 691 g/mol. The van der Waals surface area contributed by atoms with Gasteiger partial charge in [-0.05, 0) is 109 Å². The molecule has 0 atom stereocenters. The van der Waals surface area contributed by atoms with E-state index in [1.807, 2.05) is 0 Å². The van der Waals surface area contributed by atoms with Gasteiger partial charge < -0.3 is 13.8 Å². The lowest BCUT2D eigenvalue weighted by Crippen LogP contribution is -2.60. The van der Waals surface area contributed by atoms with Crippen LogP contribution in [0.2, 0.25) is 0 Å². The van der Waals surface area contributed by atoms with E-state index in [1.54, 1.807) is 0 Å². The predicted molar refractivity (Wildman–Crippen MR) is 242 cm³/mol. The first-order valence-electron chi connectivity index (χ1n) is 20.5. The molecule has 4 heterocycles. The van der Waals surface area contributed by atoms with Crippen molar-refractivity contribution in [3.8, 4) is 27.9 Å². The zero-order valence-corrected chi connectivity index (χ0v) is 34.0. The van der Waals surface area contributed by atoms with Gasteiger partial charge in [-0.2, -0.15) is 0 Å². The van der Waals surface area contributed by atoms with E-state index in [1.165, 1.54) is 94.3 Å². The van der Waals surface area contributed by atoms with Crippen molar-refractivity contribution >= 4 is 72.9 Å². The molecule has 276 valence electrons. The van der Waals surface area contributed by atoms with Gasteiger partial charge in [-0.25, -0.2) is 0 Å². The number of aromatic nitrogens is 1. The SMILES string of the molecule is CC(C)(C)c1ccc(N2B3c4cc(C(C)(C)C)ccc4-n4c5cc6c(cc5c5ccc(c3c54)-c3cc4oc5ccccc5c4cc32)-c2ccccc2C6(C)C)cc1. The van der Waals surface area contributed by atoms with E-state index in [9.17, 15) is 0 Å². The maximum atomic E-state index is 6.61. The van der Waals surface area contributed by atoms with Gasteiger partial charge >= 0.3 is 6.85 Å². The molecule has 1 aliphatic carbocycles. The third-order valence-electron chi connectivity index (χ3n) is 13.7. The minimum atomic E-state index is -0.0979. The van der Waals surface area contributed by atoms with Crippen molar-refractivity contribution in [2.45, 2.75) is 71.6 Å². The number of furan rings is 1. The highest BCUT2D eigenvalue weighted by atomic mass is 16.3. The molecule has 7 aromatic carbocycles. The molecule has 0 saturated heterocycles. The molecule has 0 N–H and O–H groups in total. The second-order valence-electron chi connectivity index (χ2n) is 19.4. The lowest BCUT2D eigenvalue weighted by Gasteiger charge is -2.42. The Kier molecular flexibility index (Phi) is 6.22. The summed E-state index contributed by atoms with van der Waals surface area (Å²) in [5.74, 6) is 0. The Morgan fingerprint density at radius 2 is 1.26 bits per heavy atom. The maximum Gasteiger partial charge on any atom is 0.333 e. The molecule has 9 aromatic rings. The molecule has 2 aliphatic heterocycles. The van der Waals surface area contributed by atoms with Crippen molar-refractivity contribution in [3.63, 3.8) is 0 Å². The van der Waals surface area contributed by atoms with Crippen LogP contribution in [0.3, 0.4) is 0 Å². The van der Waals surface area contributed by atoms with Crippen molar-refractivity contribution in [2.75, 3.05) is 4.81 Å². The largest absolute Gasteiger partial charge is 0.456 e. The maximum absolute atomic E-state index is 6.61. The Balaban J connectivity index is 1.24. The summed E-state index contributed by atoms with van der Waals surface area (Å²) in [6, 6.07) is 48.7. The summed E-state index contributed by atoms with van der Waals surface area (Å²) in [6.45, 7) is 18.6. The first kappa shape index (κ1) is 33.2. The van der Waals surface area contributed by atoms with Gasteiger partial charge in [0.2, 0.25) is 0 Å². The van der Waals surface area contributed by atoms with E-state index in [2.05, 4.69) is 192 Å². The summed E-state index contributed by atoms with van der Waals surface area (Å²) in [7, 11) is 0. The molecule has 0 amide bonds. The summed E-state index contributed by atoms with van der Waals surface area (Å²) < 4.78 is 9.22. The quantitative estimate of drug-likeness (QED) is 0.157. The lowest BCUT2D eigenvalue weighted by atomic mass is 9.43. The predicted octanol–water partition coefficient (Wildman–Crippen LogP) is 12.8. The van der Waals surface area contributed by atoms with Crippen molar-refractivity contribution in [1.29, 1.82) is 0 Å². The van der Waals surface area contributed by atoms with Gasteiger partial charge in [0.25, 0.3) is 0 Å². The first-order chi connectivity index (χ1) is 27.3. The average molecular weight is 737 g/mol. The van der Waals surface area contributed by atoms with Crippen LogP contribution < -0.4 is 15.7 Å². The Morgan fingerprint density at radius 3 is 2.05 bits per heavy atom. The lowest BCUT2D eigenvalue weighted by molar-refractivity contribution is 0.590. The molecule has 4 heteroatoms. The van der Waals surface area contributed by atoms with Crippen LogP contribution in [0.1, 0.15) is 77.6 Å². The normalized spacial score (nSPS) is 15.1. The van der Waals surface area contributed by atoms with Gasteiger partial charge in [0.05, 0.1) is 11.0 Å². The summed E-state index contributed by atoms with van der Waals surface area (Å²) in [5, 5.41) is 4.92. The molecule has 57 heavy (non-hydrogen) atoms. The fourth-order valence-corrected chi connectivity index (χ4v) is 10.7. The minimum Gasteiger partial charge on any atom is -0.456 e. The molecular formula is C53H45BN2O. The van der Waals surface area contributed by atoms with E-state index < -0.39 is 0 Å². The zero-order valence-electron chi connectivity index (χ0n) is 34.0. The van der Waals surface area contributed by atoms with Gasteiger partial charge in [0.1, 0.15) is 11.2 Å². The number of para-hydroxylation sites is 1. The van der Waals surface area contributed by atoms with E-state index >= 15 is 0 Å². The van der Waals surface area contributed by atoms with Crippen molar-refractivity contribution in [2.24, 2.45) is 0 Å². The molecule has 0 bridgehead atoms. The monoisotopic (exact) mass is 736 g/mol. The van der Waals surface area contributed by atoms with Crippen LogP contribution in [-0.4, -0.2) is 11.4 Å². The van der Waals surface area contributed by atoms with E-state index in [0.717, 1.165) is 21.9 Å². The molecule has 0 spiro atoms. The minimum absolute atomic E-state index is 0.0207. The molecule has 12 rings (SSSR count). The van der Waals surface area contributed by atoms with Crippen molar-refractivity contribution < 1.29 is 4.42 Å². The van der Waals surface area contributed by atoms with E-state index in [4.69, 9.17) is 4.42 Å². The Bertz CT molecular complexity index is 3230. The van der Waals surface area contributed by atoms with Gasteiger partial charge in [-0.3, -0.25) is 0 Å². The van der Waals surface area contributed by atoms with Crippen LogP contribution in [0.25, 0.3) is 71.7 Å². The highest BCUT2D eigenvalue weighted by molar-refractivity contribution is 6.93. The van der Waals surface area contributed by atoms with Crippen LogP contribution >= 0.6 is 0 Å². The summed E-state index contributed by atoms with van der Waals surface area (Å²) in [4.78, 5) is 2.65. The second kappa shape index (κ2) is 10.7. The highest BCUT2D eigenvalue weighted by Crippen LogP contribution is 2.53. The van der Waals surface area contributed by atoms with Gasteiger partial charge in [-0.1, -0.05) is 134 Å². The third kappa shape index (κ3) is 4.28. The van der Waals surface area contributed by atoms with Gasteiger partial charge in [0, 0.05) is 49.6 Å². The fourth-order valence-electron chi connectivity index (χ4n) is 10.7. The van der Waals surface area contributed by atoms with Crippen molar-refractivity contribution in [1.82, 2.24) is 4.57 Å². The summed E-state index contributed by atoms with van der Waals surface area (Å²) >= 11 is 0. The number of hydrogen-bond donors (Lipinski definition) is 0. The van der Waals surface area contributed by atoms with Crippen LogP contribution in [0, 0.1) is 0 Å². The third-order valence-corrected chi connectivity index (χ3v) is 13.7. The Labute approximate surface area is 334 Å². The van der Waals surface area contributed by atoms with E-state index in [-0.39, 0.29) is 23.1 Å². The van der Waals surface area contributed by atoms with Crippen LogP contribution in [0.15, 0.2) is 132 Å². The molecule has 3 aliphatic rings. The van der Waals surface area contributed by atoms with Crippen LogP contribution in [0.5, 0.6) is 0 Å². The van der Waals surface area contributed by atoms with Crippen LogP contribution in [0.4, 0.5) is 11.4 Å². The molecule has 0 saturated carbocycles. The summed E-state index contributed by atoms with van der Waals surface area (Å²) in [6.07, 6.45) is 0. The Hall–Kier alpha value is -6.00. The number of hydrogen-bond acceptors (Lipinski definition) is 2. The second-order valence-corrected chi connectivity index (χ2v) is 19.4. The van der Waals surface area contributed by atoms with Gasteiger partial charge in [-0.15, -0.1) is 0 Å². The van der Waals surface area contributed by atoms with Crippen LogP contribution in [-0.2, 0) is 16.2 Å². The number of fused-ring (bicyclic) bond motifs is 14. The molecule has 0 radical (unpaired) electrons. The fraction of sp³-hybridized carbons (Fsp3) is 0.208. The number of rotatable bonds is 1. The zero-order chi connectivity index (χ0) is 38.9. The number of anilines is 2. The molecule has 0 fully saturated rings. The topological polar surface area (TPSA) is 21.3 Å². The smallest absolute Gasteiger partial charge is 0.333 e. The number of nitrogens with zero attached hydrogens (tertiary/aromatic N) is 2. The highest BCUT2D eigenvalue weighted by Gasteiger charge is 2.45. The molecule has 2 aromatic heterocycles. The van der Waals surface area contributed by atoms with Gasteiger partial charge in [0.15, 0.2) is 0 Å². The average Bonchev–Trinajstić information content (AvgIpc) is 3.80. The molecule has 0 unspecified atom stereocenters. The first-order valence-corrected chi connectivity index (χ1v) is 20.5. The summed E-state index contributed by atoms with van der Waals surface area (Å²) in [5.41, 5.74) is 21.4.